The molecule has 0 aromatic carbocycles. The molecule has 3 unspecified atom stereocenters. The first-order valence-corrected chi connectivity index (χ1v) is 8.22. The molecule has 0 radical (unpaired) electrons. The number of rotatable bonds is 5. The predicted octanol–water partition coefficient (Wildman–Crippen LogP) is 3.06. The van der Waals surface area contributed by atoms with E-state index in [9.17, 15) is 0 Å². The van der Waals surface area contributed by atoms with Crippen LogP contribution in [0.25, 0.3) is 0 Å². The summed E-state index contributed by atoms with van der Waals surface area (Å²) in [4.78, 5) is 5.30. The van der Waals surface area contributed by atoms with Gasteiger partial charge in [0.2, 0.25) is 0 Å². The molecule has 0 bridgehead atoms. The van der Waals surface area contributed by atoms with Crippen molar-refractivity contribution in [3.63, 3.8) is 0 Å². The fraction of sp³-hybridized carbons (Fsp3) is 1.00. The van der Waals surface area contributed by atoms with Gasteiger partial charge >= 0.3 is 0 Å². The first kappa shape index (κ1) is 14.6. The Kier molecular flexibility index (Phi) is 5.78. The lowest BCUT2D eigenvalue weighted by molar-refractivity contribution is 0.0367. The molecule has 3 heteroatoms. The number of nitrogens with zero attached hydrogens (tertiary/aromatic N) is 2. The highest BCUT2D eigenvalue weighted by molar-refractivity contribution is 6.17. The van der Waals surface area contributed by atoms with Crippen molar-refractivity contribution in [2.75, 3.05) is 39.1 Å². The van der Waals surface area contributed by atoms with Gasteiger partial charge in [0.15, 0.2) is 0 Å². The molecule has 2 rings (SSSR count). The van der Waals surface area contributed by atoms with Crippen molar-refractivity contribution in [1.29, 1.82) is 0 Å². The highest BCUT2D eigenvalue weighted by atomic mass is 35.5. The molecule has 2 aliphatic rings. The summed E-state index contributed by atoms with van der Waals surface area (Å²) in [5.74, 6) is 2.53. The van der Waals surface area contributed by atoms with Crippen LogP contribution in [0.4, 0.5) is 0 Å². The largest absolute Gasteiger partial charge is 0.303 e. The Labute approximate surface area is 118 Å². The summed E-state index contributed by atoms with van der Waals surface area (Å²) in [6.45, 7) is 7.57. The van der Waals surface area contributed by atoms with Gasteiger partial charge in [-0.3, -0.25) is 0 Å². The zero-order valence-electron chi connectivity index (χ0n) is 12.1. The van der Waals surface area contributed by atoms with Gasteiger partial charge in [-0.05, 0) is 70.6 Å². The lowest BCUT2D eigenvalue weighted by Crippen LogP contribution is -2.52. The van der Waals surface area contributed by atoms with Gasteiger partial charge in [0.05, 0.1) is 0 Å². The molecule has 2 nitrogen and oxygen atoms in total. The van der Waals surface area contributed by atoms with Crippen LogP contribution in [0.1, 0.15) is 39.0 Å². The molecule has 0 saturated carbocycles. The normalized spacial score (nSPS) is 32.2. The number of fused-ring (bicyclic) bond motifs is 1. The molecule has 18 heavy (non-hydrogen) atoms. The Morgan fingerprint density at radius 2 is 2.06 bits per heavy atom. The van der Waals surface area contributed by atoms with Crippen LogP contribution in [-0.4, -0.2) is 54.9 Å². The first-order chi connectivity index (χ1) is 8.70. The van der Waals surface area contributed by atoms with Gasteiger partial charge < -0.3 is 9.80 Å². The van der Waals surface area contributed by atoms with Crippen molar-refractivity contribution in [2.24, 2.45) is 11.8 Å². The number of likely N-dealkylation sites (tertiary alicyclic amines) is 2. The van der Waals surface area contributed by atoms with Crippen molar-refractivity contribution in [2.45, 2.75) is 45.1 Å². The van der Waals surface area contributed by atoms with Gasteiger partial charge in [0, 0.05) is 18.5 Å². The molecule has 0 N–H and O–H groups in total. The average molecular weight is 273 g/mol. The summed E-state index contributed by atoms with van der Waals surface area (Å²) >= 11 is 5.81. The minimum atomic E-state index is 0.786. The van der Waals surface area contributed by atoms with E-state index in [1.54, 1.807) is 0 Å². The molecule has 0 aromatic heterocycles. The minimum absolute atomic E-state index is 0.786. The topological polar surface area (TPSA) is 6.48 Å². The summed E-state index contributed by atoms with van der Waals surface area (Å²) in [5, 5.41) is 0. The second-order valence-electron chi connectivity index (χ2n) is 6.41. The van der Waals surface area contributed by atoms with Crippen molar-refractivity contribution < 1.29 is 0 Å². The van der Waals surface area contributed by atoms with Gasteiger partial charge in [-0.1, -0.05) is 6.92 Å². The molecule has 0 amide bonds. The Bertz CT molecular complexity index is 247. The van der Waals surface area contributed by atoms with Gasteiger partial charge in [-0.25, -0.2) is 0 Å². The molecule has 2 saturated heterocycles. The maximum absolute atomic E-state index is 5.81. The summed E-state index contributed by atoms with van der Waals surface area (Å²) in [7, 11) is 2.31. The number of halogens is 1. The minimum Gasteiger partial charge on any atom is -0.303 e. The third-order valence-electron chi connectivity index (χ3n) is 4.97. The van der Waals surface area contributed by atoms with E-state index in [2.05, 4.69) is 23.8 Å². The molecule has 106 valence electrons. The van der Waals surface area contributed by atoms with Crippen molar-refractivity contribution in [3.8, 4) is 0 Å². The second kappa shape index (κ2) is 7.12. The Hall–Kier alpha value is 0.210. The highest BCUT2D eigenvalue weighted by Crippen LogP contribution is 2.29. The van der Waals surface area contributed by atoms with Crippen LogP contribution in [0.15, 0.2) is 0 Å². The third kappa shape index (κ3) is 3.85. The van der Waals surface area contributed by atoms with Crippen LogP contribution < -0.4 is 0 Å². The molecule has 0 aromatic rings. The smallest absolute Gasteiger partial charge is 0.0225 e. The van der Waals surface area contributed by atoms with Gasteiger partial charge in [0.1, 0.15) is 0 Å². The van der Waals surface area contributed by atoms with E-state index in [1.807, 2.05) is 0 Å². The molecule has 2 fully saturated rings. The first-order valence-electron chi connectivity index (χ1n) is 7.69. The van der Waals surface area contributed by atoms with Crippen molar-refractivity contribution >= 4 is 11.6 Å². The molecule has 2 aliphatic heterocycles. The molecule has 2 heterocycles. The molecular formula is C15H29ClN2. The van der Waals surface area contributed by atoms with Gasteiger partial charge in [-0.2, -0.15) is 0 Å². The van der Waals surface area contributed by atoms with E-state index >= 15 is 0 Å². The fourth-order valence-electron chi connectivity index (χ4n) is 3.66. The van der Waals surface area contributed by atoms with E-state index in [-0.39, 0.29) is 0 Å². The summed E-state index contributed by atoms with van der Waals surface area (Å²) in [6.07, 6.45) is 6.71. The van der Waals surface area contributed by atoms with Crippen LogP contribution in [0.2, 0.25) is 0 Å². The number of hydrogen-bond donors (Lipinski definition) is 0. The van der Waals surface area contributed by atoms with Gasteiger partial charge in [0.25, 0.3) is 0 Å². The maximum atomic E-state index is 5.81. The average Bonchev–Trinajstić information content (AvgIpc) is 2.37. The lowest BCUT2D eigenvalue weighted by Gasteiger charge is -2.46. The zero-order chi connectivity index (χ0) is 13.0. The molecule has 0 spiro atoms. The van der Waals surface area contributed by atoms with E-state index < -0.39 is 0 Å². The standard InChI is InChI=1S/C15H29ClN2/c1-13(5-8-16)6-10-18-11-7-15-14(12-18)4-3-9-17(15)2/h13-15H,3-12H2,1-2H3. The lowest BCUT2D eigenvalue weighted by atomic mass is 9.84. The Balaban J connectivity index is 1.73. The van der Waals surface area contributed by atoms with E-state index in [0.29, 0.717) is 0 Å². The monoisotopic (exact) mass is 272 g/mol. The van der Waals surface area contributed by atoms with E-state index in [1.165, 1.54) is 58.3 Å². The van der Waals surface area contributed by atoms with Gasteiger partial charge in [-0.15, -0.1) is 11.6 Å². The quantitative estimate of drug-likeness (QED) is 0.710. The Morgan fingerprint density at radius 3 is 2.83 bits per heavy atom. The number of piperidine rings is 2. The van der Waals surface area contributed by atoms with Crippen LogP contribution in [0.5, 0.6) is 0 Å². The fourth-order valence-corrected chi connectivity index (χ4v) is 4.04. The van der Waals surface area contributed by atoms with Crippen LogP contribution in [0, 0.1) is 11.8 Å². The van der Waals surface area contributed by atoms with Crippen molar-refractivity contribution in [3.05, 3.63) is 0 Å². The predicted molar refractivity (Wildman–Crippen MR) is 79.3 cm³/mol. The number of hydrogen-bond acceptors (Lipinski definition) is 2. The third-order valence-corrected chi connectivity index (χ3v) is 5.19. The molecular weight excluding hydrogens is 244 g/mol. The summed E-state index contributed by atoms with van der Waals surface area (Å²) in [6, 6.07) is 0.871. The zero-order valence-corrected chi connectivity index (χ0v) is 12.8. The SMILES string of the molecule is CC(CCCl)CCN1CCC2C(CCCN2C)C1. The van der Waals surface area contributed by atoms with Crippen LogP contribution >= 0.6 is 11.6 Å². The summed E-state index contributed by atoms with van der Waals surface area (Å²) in [5.41, 5.74) is 0. The van der Waals surface area contributed by atoms with E-state index in [4.69, 9.17) is 11.6 Å². The van der Waals surface area contributed by atoms with Crippen LogP contribution in [0.3, 0.4) is 0 Å². The van der Waals surface area contributed by atoms with Crippen molar-refractivity contribution in [1.82, 2.24) is 9.80 Å². The number of alkyl halides is 1. The van der Waals surface area contributed by atoms with E-state index in [0.717, 1.165) is 23.8 Å². The maximum Gasteiger partial charge on any atom is 0.0225 e. The Morgan fingerprint density at radius 1 is 1.22 bits per heavy atom. The molecule has 3 atom stereocenters. The summed E-state index contributed by atoms with van der Waals surface area (Å²) < 4.78 is 0. The molecule has 0 aliphatic carbocycles. The highest BCUT2D eigenvalue weighted by Gasteiger charge is 2.33. The van der Waals surface area contributed by atoms with Crippen LogP contribution in [-0.2, 0) is 0 Å². The second-order valence-corrected chi connectivity index (χ2v) is 6.79.